The van der Waals surface area contributed by atoms with Crippen LogP contribution in [0.15, 0.2) is 36.4 Å². The van der Waals surface area contributed by atoms with Crippen molar-refractivity contribution in [1.29, 1.82) is 5.26 Å². The number of ketones is 1. The van der Waals surface area contributed by atoms with Gasteiger partial charge in [-0.15, -0.1) is 0 Å². The lowest BCUT2D eigenvalue weighted by molar-refractivity contribution is -0.136. The lowest BCUT2D eigenvalue weighted by Gasteiger charge is -2.12. The molecule has 1 heterocycles. The van der Waals surface area contributed by atoms with Crippen molar-refractivity contribution in [3.05, 3.63) is 53.5 Å². The first-order valence-corrected chi connectivity index (χ1v) is 8.52. The lowest BCUT2D eigenvalue weighted by atomic mass is 9.97. The Morgan fingerprint density at radius 2 is 1.97 bits per heavy atom. The Labute approximate surface area is 164 Å². The van der Waals surface area contributed by atoms with E-state index in [-0.39, 0.29) is 22.0 Å². The second kappa shape index (κ2) is 7.94. The Hall–Kier alpha value is -3.99. The fourth-order valence-corrected chi connectivity index (χ4v) is 2.98. The summed E-state index contributed by atoms with van der Waals surface area (Å²) in [5, 5.41) is 28.9. The molecule has 8 heteroatoms. The second-order valence-electron chi connectivity index (χ2n) is 6.16. The molecule has 7 nitrogen and oxygen atoms in total. The predicted molar refractivity (Wildman–Crippen MR) is 101 cm³/mol. The van der Waals surface area contributed by atoms with Crippen molar-refractivity contribution in [1.82, 2.24) is 4.98 Å². The van der Waals surface area contributed by atoms with Gasteiger partial charge in [0, 0.05) is 22.9 Å². The fourth-order valence-electron chi connectivity index (χ4n) is 2.98. The first-order chi connectivity index (χ1) is 13.9. The van der Waals surface area contributed by atoms with E-state index < -0.39 is 41.9 Å². The summed E-state index contributed by atoms with van der Waals surface area (Å²) < 4.78 is 19.7. The summed E-state index contributed by atoms with van der Waals surface area (Å²) in [7, 11) is 1.43. The van der Waals surface area contributed by atoms with Crippen LogP contribution in [0.3, 0.4) is 0 Å². The van der Waals surface area contributed by atoms with E-state index in [9.17, 15) is 24.3 Å². The number of carboxylic acids is 1. The van der Waals surface area contributed by atoms with E-state index in [0.29, 0.717) is 11.3 Å². The molecule has 146 valence electrons. The van der Waals surface area contributed by atoms with Crippen LogP contribution in [-0.2, 0) is 4.79 Å². The maximum atomic E-state index is 14.5. The standard InChI is InChI=1S/C21H15FN2O5/c1-29-11-5-6-16(22)14(9-11)12-3-2-4-13-15(10-23)21(28)20(24-19(12)13)17(25)7-8-18(26)27/h2-6,9,28H,7-8H2,1H3,(H,26,27). The highest BCUT2D eigenvalue weighted by atomic mass is 19.1. The van der Waals surface area contributed by atoms with Gasteiger partial charge in [-0.3, -0.25) is 9.59 Å². The molecule has 1 aromatic heterocycles. The van der Waals surface area contributed by atoms with Crippen LogP contribution in [0.2, 0.25) is 0 Å². The van der Waals surface area contributed by atoms with Gasteiger partial charge >= 0.3 is 5.97 Å². The molecule has 0 aliphatic rings. The number of hydrogen-bond acceptors (Lipinski definition) is 6. The Kier molecular flexibility index (Phi) is 5.41. The number of ether oxygens (including phenoxy) is 1. The molecule has 0 saturated carbocycles. The van der Waals surface area contributed by atoms with Crippen molar-refractivity contribution in [2.45, 2.75) is 12.8 Å². The molecule has 0 radical (unpaired) electrons. The molecule has 29 heavy (non-hydrogen) atoms. The van der Waals surface area contributed by atoms with Crippen LogP contribution >= 0.6 is 0 Å². The topological polar surface area (TPSA) is 121 Å². The van der Waals surface area contributed by atoms with E-state index in [0.717, 1.165) is 0 Å². The molecule has 0 saturated heterocycles. The van der Waals surface area contributed by atoms with E-state index in [1.807, 2.05) is 6.07 Å². The molecule has 2 aromatic carbocycles. The van der Waals surface area contributed by atoms with Crippen molar-refractivity contribution in [3.8, 4) is 28.7 Å². The van der Waals surface area contributed by atoms with Gasteiger partial charge in [-0.1, -0.05) is 18.2 Å². The molecule has 0 aliphatic heterocycles. The molecule has 0 aliphatic carbocycles. The third-order valence-electron chi connectivity index (χ3n) is 4.40. The summed E-state index contributed by atoms with van der Waals surface area (Å²) >= 11 is 0. The Morgan fingerprint density at radius 3 is 2.62 bits per heavy atom. The molecule has 0 amide bonds. The number of halogens is 1. The Morgan fingerprint density at radius 1 is 1.21 bits per heavy atom. The molecular formula is C21H15FN2O5. The minimum absolute atomic E-state index is 0.132. The van der Waals surface area contributed by atoms with Crippen LogP contribution in [0.25, 0.3) is 22.0 Å². The zero-order valence-corrected chi connectivity index (χ0v) is 15.3. The molecule has 3 rings (SSSR count). The maximum absolute atomic E-state index is 14.5. The Balaban J connectivity index is 2.29. The summed E-state index contributed by atoms with van der Waals surface area (Å²) in [6.07, 6.45) is -0.853. The van der Waals surface area contributed by atoms with Gasteiger partial charge in [0.15, 0.2) is 11.5 Å². The number of aliphatic carboxylic acids is 1. The number of hydrogen-bond donors (Lipinski definition) is 2. The van der Waals surface area contributed by atoms with E-state index in [1.54, 1.807) is 12.1 Å². The summed E-state index contributed by atoms with van der Waals surface area (Å²) in [4.78, 5) is 27.3. The summed E-state index contributed by atoms with van der Waals surface area (Å²) in [6.45, 7) is 0. The number of aromatic hydroxyl groups is 1. The van der Waals surface area contributed by atoms with Crippen LogP contribution in [0.5, 0.6) is 11.5 Å². The quantitative estimate of drug-likeness (QED) is 0.612. The molecule has 0 spiro atoms. The van der Waals surface area contributed by atoms with Crippen LogP contribution in [0.1, 0.15) is 28.9 Å². The van der Waals surface area contributed by atoms with Crippen LogP contribution < -0.4 is 4.74 Å². The highest BCUT2D eigenvalue weighted by Gasteiger charge is 2.22. The van der Waals surface area contributed by atoms with Gasteiger partial charge in [0.1, 0.15) is 28.9 Å². The van der Waals surface area contributed by atoms with E-state index in [2.05, 4.69) is 4.98 Å². The normalized spacial score (nSPS) is 10.5. The minimum atomic E-state index is -1.18. The number of nitrogens with zero attached hydrogens (tertiary/aromatic N) is 2. The number of carboxylic acid groups (broad SMARTS) is 1. The smallest absolute Gasteiger partial charge is 0.303 e. The van der Waals surface area contributed by atoms with Gasteiger partial charge < -0.3 is 14.9 Å². The van der Waals surface area contributed by atoms with Crippen molar-refractivity contribution in [2.75, 3.05) is 7.11 Å². The number of rotatable bonds is 6. The third kappa shape index (κ3) is 3.71. The highest BCUT2D eigenvalue weighted by molar-refractivity contribution is 6.05. The zero-order chi connectivity index (χ0) is 21.1. The third-order valence-corrected chi connectivity index (χ3v) is 4.40. The van der Waals surface area contributed by atoms with E-state index in [1.165, 1.54) is 31.4 Å². The van der Waals surface area contributed by atoms with Gasteiger partial charge in [0.2, 0.25) is 0 Å². The largest absolute Gasteiger partial charge is 0.504 e. The first-order valence-electron chi connectivity index (χ1n) is 8.52. The highest BCUT2D eigenvalue weighted by Crippen LogP contribution is 2.36. The molecular weight excluding hydrogens is 379 g/mol. The number of para-hydroxylation sites is 1. The summed E-state index contributed by atoms with van der Waals surface area (Å²) in [5.41, 5.74) is -0.0544. The SMILES string of the molecule is COc1ccc(F)c(-c2cccc3c(C#N)c(O)c(C(=O)CCC(=O)O)nc23)c1. The average Bonchev–Trinajstić information content (AvgIpc) is 2.71. The molecule has 2 N–H and O–H groups in total. The monoisotopic (exact) mass is 394 g/mol. The van der Waals surface area contributed by atoms with Gasteiger partial charge in [0.05, 0.1) is 19.0 Å². The van der Waals surface area contributed by atoms with Gasteiger partial charge in [-0.25, -0.2) is 9.37 Å². The van der Waals surface area contributed by atoms with Crippen molar-refractivity contribution < 1.29 is 28.9 Å². The van der Waals surface area contributed by atoms with Crippen molar-refractivity contribution in [3.63, 3.8) is 0 Å². The van der Waals surface area contributed by atoms with Crippen LogP contribution in [0.4, 0.5) is 4.39 Å². The molecule has 0 unspecified atom stereocenters. The Bertz CT molecular complexity index is 1180. The molecule has 0 atom stereocenters. The number of aromatic nitrogens is 1. The summed E-state index contributed by atoms with van der Waals surface area (Å²) in [6, 6.07) is 10.6. The van der Waals surface area contributed by atoms with E-state index >= 15 is 0 Å². The van der Waals surface area contributed by atoms with Crippen LogP contribution in [-0.4, -0.2) is 34.1 Å². The second-order valence-corrected chi connectivity index (χ2v) is 6.16. The molecule has 3 aromatic rings. The number of benzene rings is 2. The van der Waals surface area contributed by atoms with Crippen molar-refractivity contribution in [2.24, 2.45) is 0 Å². The average molecular weight is 394 g/mol. The number of carbonyl (C=O) groups is 2. The first kappa shape index (κ1) is 19.8. The van der Waals surface area contributed by atoms with Crippen LogP contribution in [0, 0.1) is 17.1 Å². The zero-order valence-electron chi connectivity index (χ0n) is 15.3. The number of carbonyl (C=O) groups excluding carboxylic acids is 1. The maximum Gasteiger partial charge on any atom is 0.303 e. The van der Waals surface area contributed by atoms with Gasteiger partial charge in [-0.2, -0.15) is 5.26 Å². The predicted octanol–water partition coefficient (Wildman–Crippen LogP) is 3.67. The van der Waals surface area contributed by atoms with Gasteiger partial charge in [0.25, 0.3) is 0 Å². The number of fused-ring (bicyclic) bond motifs is 1. The van der Waals surface area contributed by atoms with Gasteiger partial charge in [-0.05, 0) is 18.2 Å². The summed E-state index contributed by atoms with van der Waals surface area (Å²) in [5.74, 6) is -2.71. The number of methoxy groups -OCH3 is 1. The molecule has 0 bridgehead atoms. The lowest BCUT2D eigenvalue weighted by Crippen LogP contribution is -2.08. The fraction of sp³-hybridized carbons (Fsp3) is 0.143. The van der Waals surface area contributed by atoms with Crippen molar-refractivity contribution >= 4 is 22.7 Å². The number of nitriles is 1. The number of Topliss-reactive ketones (excluding diaryl/α,β-unsaturated/α-hetero) is 1. The minimum Gasteiger partial charge on any atom is -0.504 e. The molecule has 0 fully saturated rings. The van der Waals surface area contributed by atoms with E-state index in [4.69, 9.17) is 9.84 Å². The number of pyridine rings is 1.